The van der Waals surface area contributed by atoms with Crippen molar-refractivity contribution in [2.75, 3.05) is 13.2 Å². The van der Waals surface area contributed by atoms with Gasteiger partial charge in [-0.05, 0) is 95.9 Å². The van der Waals surface area contributed by atoms with Crippen molar-refractivity contribution in [1.29, 1.82) is 0 Å². The molecule has 186 valence electrons. The van der Waals surface area contributed by atoms with Crippen molar-refractivity contribution in [3.05, 3.63) is 110 Å². The van der Waals surface area contributed by atoms with Gasteiger partial charge in [0, 0.05) is 0 Å². The Balaban J connectivity index is 1.26. The van der Waals surface area contributed by atoms with Crippen molar-refractivity contribution in [2.45, 2.75) is 6.61 Å². The highest BCUT2D eigenvalue weighted by atomic mass is 79.9. The number of halogens is 2. The number of hydrogen-bond acceptors (Lipinski definition) is 5. The van der Waals surface area contributed by atoms with Gasteiger partial charge in [0.15, 0.2) is 0 Å². The molecule has 0 aliphatic carbocycles. The molecule has 0 radical (unpaired) electrons. The molecule has 2 amide bonds. The number of ether oxygens (including phenoxy) is 2. The third-order valence-corrected chi connectivity index (χ3v) is 7.86. The lowest BCUT2D eigenvalue weighted by Gasteiger charge is -2.13. The van der Waals surface area contributed by atoms with Gasteiger partial charge in [-0.25, -0.2) is 0 Å². The van der Waals surface area contributed by atoms with Gasteiger partial charge in [-0.3, -0.25) is 14.5 Å². The second-order valence-corrected chi connectivity index (χ2v) is 10.9. The largest absolute Gasteiger partial charge is 0.492 e. The van der Waals surface area contributed by atoms with E-state index in [9.17, 15) is 9.59 Å². The molecule has 4 aromatic carbocycles. The second-order valence-electron chi connectivity index (χ2n) is 8.24. The van der Waals surface area contributed by atoms with Crippen LogP contribution in [-0.2, 0) is 11.4 Å². The Morgan fingerprint density at radius 1 is 0.838 bits per heavy atom. The minimum Gasteiger partial charge on any atom is -0.492 e. The summed E-state index contributed by atoms with van der Waals surface area (Å²) < 4.78 is 13.3. The van der Waals surface area contributed by atoms with Crippen LogP contribution in [0.15, 0.2) is 98.8 Å². The molecule has 37 heavy (non-hydrogen) atoms. The first-order valence-corrected chi connectivity index (χ1v) is 13.9. The quantitative estimate of drug-likeness (QED) is 0.183. The van der Waals surface area contributed by atoms with Gasteiger partial charge in [0.2, 0.25) is 0 Å². The summed E-state index contributed by atoms with van der Waals surface area (Å²) in [5.41, 5.74) is 1.85. The number of rotatable bonds is 8. The van der Waals surface area contributed by atoms with E-state index in [4.69, 9.17) is 9.47 Å². The maximum Gasteiger partial charge on any atom is 0.293 e. The summed E-state index contributed by atoms with van der Waals surface area (Å²) in [5.74, 6) is 1.04. The third-order valence-electron chi connectivity index (χ3n) is 5.77. The lowest BCUT2D eigenvalue weighted by Crippen LogP contribution is -2.32. The highest BCUT2D eigenvalue weighted by molar-refractivity contribution is 9.11. The van der Waals surface area contributed by atoms with Gasteiger partial charge >= 0.3 is 0 Å². The van der Waals surface area contributed by atoms with Crippen LogP contribution in [0.1, 0.15) is 11.1 Å². The lowest BCUT2D eigenvalue weighted by atomic mass is 10.1. The Labute approximate surface area is 235 Å². The second kappa shape index (κ2) is 11.5. The molecule has 0 atom stereocenters. The first-order valence-electron chi connectivity index (χ1n) is 11.5. The van der Waals surface area contributed by atoms with E-state index in [1.807, 2.05) is 60.7 Å². The van der Waals surface area contributed by atoms with E-state index in [0.29, 0.717) is 23.0 Å². The zero-order chi connectivity index (χ0) is 25.8. The average Bonchev–Trinajstić information content (AvgIpc) is 3.16. The van der Waals surface area contributed by atoms with E-state index in [2.05, 4.69) is 56.1 Å². The van der Waals surface area contributed by atoms with Gasteiger partial charge in [-0.15, -0.1) is 0 Å². The van der Waals surface area contributed by atoms with Crippen molar-refractivity contribution in [2.24, 2.45) is 0 Å². The number of hydrogen-bond donors (Lipinski definition) is 0. The van der Waals surface area contributed by atoms with Crippen LogP contribution in [0.5, 0.6) is 11.5 Å². The monoisotopic (exact) mass is 637 g/mol. The minimum atomic E-state index is -0.324. The van der Waals surface area contributed by atoms with E-state index < -0.39 is 0 Å². The van der Waals surface area contributed by atoms with Crippen LogP contribution in [0.3, 0.4) is 0 Å². The minimum absolute atomic E-state index is 0.186. The summed E-state index contributed by atoms with van der Waals surface area (Å²) in [4.78, 5) is 26.9. The molecular formula is C29H21Br2NO4S. The van der Waals surface area contributed by atoms with Crippen molar-refractivity contribution in [3.63, 3.8) is 0 Å². The van der Waals surface area contributed by atoms with Crippen LogP contribution >= 0.6 is 43.6 Å². The van der Waals surface area contributed by atoms with Gasteiger partial charge in [0.1, 0.15) is 24.7 Å². The third kappa shape index (κ3) is 5.92. The fraction of sp³-hybridized carbons (Fsp3) is 0.103. The van der Waals surface area contributed by atoms with Crippen molar-refractivity contribution >= 4 is 71.6 Å². The normalized spacial score (nSPS) is 14.5. The van der Waals surface area contributed by atoms with Crippen molar-refractivity contribution in [1.82, 2.24) is 4.90 Å². The Hall–Kier alpha value is -3.07. The van der Waals surface area contributed by atoms with Gasteiger partial charge < -0.3 is 9.47 Å². The Morgan fingerprint density at radius 3 is 2.32 bits per heavy atom. The van der Waals surface area contributed by atoms with Crippen molar-refractivity contribution < 1.29 is 19.1 Å². The number of nitrogens with zero attached hydrogens (tertiary/aromatic N) is 1. The molecule has 0 bridgehead atoms. The molecule has 4 aromatic rings. The molecule has 5 nitrogen and oxygen atoms in total. The molecule has 0 N–H and O–H groups in total. The molecular weight excluding hydrogens is 618 g/mol. The highest BCUT2D eigenvalue weighted by Crippen LogP contribution is 2.38. The summed E-state index contributed by atoms with van der Waals surface area (Å²) >= 11 is 8.12. The van der Waals surface area contributed by atoms with E-state index in [-0.39, 0.29) is 24.3 Å². The van der Waals surface area contributed by atoms with Gasteiger partial charge in [-0.1, -0.05) is 60.7 Å². The molecule has 1 aliphatic heterocycles. The lowest BCUT2D eigenvalue weighted by molar-refractivity contribution is -0.123. The van der Waals surface area contributed by atoms with Crippen LogP contribution in [0, 0.1) is 0 Å². The SMILES string of the molecule is O=C1S/C(=C\c2cc(Br)c(OCc3cccc4ccccc34)c(Br)c2)C(=O)N1CCOc1ccccc1. The van der Waals surface area contributed by atoms with Crippen LogP contribution < -0.4 is 9.47 Å². The smallest absolute Gasteiger partial charge is 0.293 e. The van der Waals surface area contributed by atoms with Crippen LogP contribution in [0.25, 0.3) is 16.8 Å². The molecule has 0 spiro atoms. The molecule has 8 heteroatoms. The van der Waals surface area contributed by atoms with Gasteiger partial charge in [0.05, 0.1) is 20.4 Å². The zero-order valence-electron chi connectivity index (χ0n) is 19.5. The van der Waals surface area contributed by atoms with Gasteiger partial charge in [-0.2, -0.15) is 0 Å². The number of benzene rings is 4. The molecule has 0 unspecified atom stereocenters. The van der Waals surface area contributed by atoms with Gasteiger partial charge in [0.25, 0.3) is 11.1 Å². The average molecular weight is 639 g/mol. The summed E-state index contributed by atoms with van der Waals surface area (Å²) in [6.07, 6.45) is 1.72. The van der Waals surface area contributed by atoms with E-state index in [1.54, 1.807) is 6.08 Å². The van der Waals surface area contributed by atoms with E-state index >= 15 is 0 Å². The topological polar surface area (TPSA) is 55.8 Å². The molecule has 5 rings (SSSR count). The van der Waals surface area contributed by atoms with Crippen LogP contribution in [0.2, 0.25) is 0 Å². The van der Waals surface area contributed by atoms with Crippen LogP contribution in [0.4, 0.5) is 4.79 Å². The molecule has 1 fully saturated rings. The molecule has 1 saturated heterocycles. The predicted molar refractivity (Wildman–Crippen MR) is 155 cm³/mol. The fourth-order valence-corrected chi connectivity index (χ4v) is 6.30. The standard InChI is InChI=1S/C29H21Br2NO4S/c30-24-15-19(16-25(31)27(24)36-18-21-9-6-8-20-7-4-5-12-23(20)21)17-26-28(33)32(29(34)37-26)13-14-35-22-10-2-1-3-11-22/h1-12,15-17H,13-14,18H2/b26-17-. The number of thioether (sulfide) groups is 1. The number of carbonyl (C=O) groups excluding carboxylic acids is 2. The maximum atomic E-state index is 12.9. The molecule has 1 aliphatic rings. The summed E-state index contributed by atoms with van der Waals surface area (Å²) in [5, 5.41) is 2.01. The summed E-state index contributed by atoms with van der Waals surface area (Å²) in [6.45, 7) is 0.822. The Morgan fingerprint density at radius 2 is 1.54 bits per heavy atom. The predicted octanol–water partition coefficient (Wildman–Crippen LogP) is 8.06. The maximum absolute atomic E-state index is 12.9. The Bertz CT molecular complexity index is 1480. The Kier molecular flexibility index (Phi) is 7.98. The first-order chi connectivity index (χ1) is 18.0. The number of para-hydroxylation sites is 1. The number of amides is 2. The van der Waals surface area contributed by atoms with E-state index in [0.717, 1.165) is 42.6 Å². The van der Waals surface area contributed by atoms with Crippen LogP contribution in [-0.4, -0.2) is 29.2 Å². The fourth-order valence-electron chi connectivity index (χ4n) is 3.98. The first kappa shape index (κ1) is 25.6. The number of fused-ring (bicyclic) bond motifs is 1. The summed E-state index contributed by atoms with van der Waals surface area (Å²) in [6, 6.07) is 27.4. The number of imide groups is 1. The zero-order valence-corrected chi connectivity index (χ0v) is 23.5. The molecule has 1 heterocycles. The highest BCUT2D eigenvalue weighted by Gasteiger charge is 2.34. The van der Waals surface area contributed by atoms with E-state index in [1.165, 1.54) is 4.90 Å². The molecule has 0 aromatic heterocycles. The number of carbonyl (C=O) groups is 2. The summed E-state index contributed by atoms with van der Waals surface area (Å²) in [7, 11) is 0. The molecule has 0 saturated carbocycles. The van der Waals surface area contributed by atoms with Crippen molar-refractivity contribution in [3.8, 4) is 11.5 Å².